The maximum absolute atomic E-state index is 11.5. The molecule has 0 aliphatic carbocycles. The molecule has 1 aromatic heterocycles. The van der Waals surface area contributed by atoms with Crippen molar-refractivity contribution in [1.82, 2.24) is 4.98 Å². The molecule has 1 amide bonds. The van der Waals surface area contributed by atoms with E-state index in [2.05, 4.69) is 10.3 Å². The van der Waals surface area contributed by atoms with E-state index < -0.39 is 12.3 Å². The number of carbonyl (C=O) groups excluding carboxylic acids is 1. The fraction of sp³-hybridized carbons (Fsp3) is 0.267. The van der Waals surface area contributed by atoms with E-state index in [4.69, 9.17) is 16.2 Å². The lowest BCUT2D eigenvalue weighted by atomic mass is 10.1. The molecule has 7 nitrogen and oxygen atoms in total. The van der Waals surface area contributed by atoms with E-state index in [0.29, 0.717) is 18.1 Å². The van der Waals surface area contributed by atoms with E-state index >= 15 is 0 Å². The quantitative estimate of drug-likeness (QED) is 0.491. The predicted molar refractivity (Wildman–Crippen MR) is 84.3 cm³/mol. The molecule has 0 radical (unpaired) electrons. The number of carbonyl (C=O) groups is 1. The Bertz CT molecular complexity index is 652. The molecule has 1 atom stereocenters. The number of aliphatic hydroxyl groups is 1. The van der Waals surface area contributed by atoms with E-state index in [1.54, 1.807) is 6.07 Å². The number of nitrogens with one attached hydrogen (secondary N) is 2. The second-order valence-corrected chi connectivity index (χ2v) is 4.77. The molecule has 2 rings (SSSR count). The fourth-order valence-corrected chi connectivity index (χ4v) is 2.08. The van der Waals surface area contributed by atoms with Gasteiger partial charge in [-0.15, -0.1) is 0 Å². The summed E-state index contributed by atoms with van der Waals surface area (Å²) in [5, 5.41) is 11.8. The molecule has 0 spiro atoms. The highest BCUT2D eigenvalue weighted by molar-refractivity contribution is 5.99. The van der Waals surface area contributed by atoms with Gasteiger partial charge in [-0.2, -0.15) is 0 Å². The highest BCUT2D eigenvalue weighted by Crippen LogP contribution is 2.32. The summed E-state index contributed by atoms with van der Waals surface area (Å²) in [4.78, 5) is 14.5. The zero-order chi connectivity index (χ0) is 16.1. The molecule has 0 aliphatic rings. The first-order valence-electron chi connectivity index (χ1n) is 6.98. The molecule has 0 saturated heterocycles. The van der Waals surface area contributed by atoms with Gasteiger partial charge in [0.25, 0.3) is 5.91 Å². The summed E-state index contributed by atoms with van der Waals surface area (Å²) in [6, 6.07) is 9.05. The van der Waals surface area contributed by atoms with Crippen LogP contribution in [0.5, 0.6) is 5.75 Å². The fourth-order valence-electron chi connectivity index (χ4n) is 2.08. The maximum atomic E-state index is 11.5. The van der Waals surface area contributed by atoms with Gasteiger partial charge in [0, 0.05) is 5.56 Å². The normalized spacial score (nSPS) is 12.0. The number of para-hydroxylation sites is 1. The molecule has 1 aromatic carbocycles. The minimum atomic E-state index is -1.31. The molecule has 7 N–H and O–H groups in total. The van der Waals surface area contributed by atoms with Crippen LogP contribution in [0.1, 0.15) is 23.7 Å². The van der Waals surface area contributed by atoms with Crippen molar-refractivity contribution in [3.8, 4) is 17.0 Å². The van der Waals surface area contributed by atoms with Crippen LogP contribution in [0.15, 0.2) is 30.3 Å². The number of aromatic nitrogens is 1. The number of hydrogen-bond acceptors (Lipinski definition) is 5. The number of amides is 1. The molecule has 118 valence electrons. The topological polar surface area (TPSA) is 126 Å². The smallest absolute Gasteiger partial charge is 0.252 e. The highest BCUT2D eigenvalue weighted by Gasteiger charge is 2.17. The van der Waals surface area contributed by atoms with Crippen LogP contribution in [0.25, 0.3) is 11.3 Å². The number of hydrogen-bond donors (Lipinski definition) is 5. The standard InChI is InChI=1S/C15H20N4O3/c1-2-7-22-12-6-4-3-5-9(12)11-8-10(13(16)20)14(18-11)19-15(17)21/h3-6,8,15,18-19,21H,2,7,17H2,1H3,(H2,16,20). The Kier molecular flexibility index (Phi) is 5.03. The average molecular weight is 304 g/mol. The summed E-state index contributed by atoms with van der Waals surface area (Å²) in [5.41, 5.74) is 12.3. The lowest BCUT2D eigenvalue weighted by Gasteiger charge is -2.10. The van der Waals surface area contributed by atoms with E-state index in [9.17, 15) is 9.90 Å². The van der Waals surface area contributed by atoms with Crippen molar-refractivity contribution in [3.05, 3.63) is 35.9 Å². The first-order chi connectivity index (χ1) is 10.5. The Morgan fingerprint density at radius 3 is 2.82 bits per heavy atom. The molecular weight excluding hydrogens is 284 g/mol. The Hall–Kier alpha value is -2.51. The number of nitrogens with two attached hydrogens (primary N) is 2. The third-order valence-electron chi connectivity index (χ3n) is 3.01. The number of rotatable bonds is 7. The zero-order valence-electron chi connectivity index (χ0n) is 12.3. The molecule has 7 heteroatoms. The second-order valence-electron chi connectivity index (χ2n) is 4.77. The maximum Gasteiger partial charge on any atom is 0.252 e. The molecule has 0 aliphatic heterocycles. The van der Waals surface area contributed by atoms with Gasteiger partial charge in [-0.05, 0) is 24.6 Å². The van der Waals surface area contributed by atoms with Crippen molar-refractivity contribution in [3.63, 3.8) is 0 Å². The van der Waals surface area contributed by atoms with Crippen LogP contribution < -0.4 is 21.5 Å². The summed E-state index contributed by atoms with van der Waals surface area (Å²) >= 11 is 0. The van der Waals surface area contributed by atoms with Crippen LogP contribution in [0.2, 0.25) is 0 Å². The number of benzene rings is 1. The number of ether oxygens (including phenoxy) is 1. The summed E-state index contributed by atoms with van der Waals surface area (Å²) in [6.45, 7) is 2.61. The minimum absolute atomic E-state index is 0.213. The third-order valence-corrected chi connectivity index (χ3v) is 3.01. The monoisotopic (exact) mass is 304 g/mol. The van der Waals surface area contributed by atoms with Crippen molar-refractivity contribution in [1.29, 1.82) is 0 Å². The molecule has 2 aromatic rings. The van der Waals surface area contributed by atoms with Gasteiger partial charge in [-0.25, -0.2) is 0 Å². The highest BCUT2D eigenvalue weighted by atomic mass is 16.5. The summed E-state index contributed by atoms with van der Waals surface area (Å²) < 4.78 is 5.70. The molecule has 1 unspecified atom stereocenters. The van der Waals surface area contributed by atoms with Gasteiger partial charge in [-0.3, -0.25) is 10.5 Å². The molecular formula is C15H20N4O3. The zero-order valence-corrected chi connectivity index (χ0v) is 12.3. The van der Waals surface area contributed by atoms with Gasteiger partial charge in [0.2, 0.25) is 0 Å². The molecule has 0 saturated carbocycles. The van der Waals surface area contributed by atoms with Crippen LogP contribution in [-0.2, 0) is 0 Å². The number of aliphatic hydroxyl groups excluding tert-OH is 1. The van der Waals surface area contributed by atoms with Gasteiger partial charge in [0.1, 0.15) is 11.6 Å². The summed E-state index contributed by atoms with van der Waals surface area (Å²) in [7, 11) is 0. The minimum Gasteiger partial charge on any atom is -0.493 e. The van der Waals surface area contributed by atoms with Crippen LogP contribution in [0.4, 0.5) is 5.82 Å². The van der Waals surface area contributed by atoms with E-state index in [0.717, 1.165) is 12.0 Å². The number of H-pyrrole nitrogens is 1. The predicted octanol–water partition coefficient (Wildman–Crippen LogP) is 1.22. The number of aromatic amines is 1. The lowest BCUT2D eigenvalue weighted by molar-refractivity contribution is 0.100. The first kappa shape index (κ1) is 15.9. The van der Waals surface area contributed by atoms with Gasteiger partial charge < -0.3 is 25.9 Å². The van der Waals surface area contributed by atoms with Gasteiger partial charge in [-0.1, -0.05) is 19.1 Å². The van der Waals surface area contributed by atoms with Crippen molar-refractivity contribution < 1.29 is 14.6 Å². The van der Waals surface area contributed by atoms with Crippen molar-refractivity contribution in [2.75, 3.05) is 11.9 Å². The Labute approximate surface area is 128 Å². The SMILES string of the molecule is CCCOc1ccccc1-c1cc(C(N)=O)c(NC(N)O)[nH]1. The average Bonchev–Trinajstić information content (AvgIpc) is 2.88. The third kappa shape index (κ3) is 3.57. The Morgan fingerprint density at radius 1 is 1.45 bits per heavy atom. The second kappa shape index (κ2) is 6.97. The van der Waals surface area contributed by atoms with E-state index in [1.165, 1.54) is 0 Å². The van der Waals surface area contributed by atoms with Crippen LogP contribution in [0.3, 0.4) is 0 Å². The van der Waals surface area contributed by atoms with Crippen molar-refractivity contribution >= 4 is 11.7 Å². The van der Waals surface area contributed by atoms with Crippen LogP contribution in [0, 0.1) is 0 Å². The van der Waals surface area contributed by atoms with E-state index in [-0.39, 0.29) is 11.4 Å². The first-order valence-corrected chi connectivity index (χ1v) is 6.98. The lowest BCUT2D eigenvalue weighted by Crippen LogP contribution is -2.29. The van der Waals surface area contributed by atoms with Gasteiger partial charge in [0.05, 0.1) is 17.9 Å². The molecule has 0 fully saturated rings. The van der Waals surface area contributed by atoms with Crippen LogP contribution in [-0.4, -0.2) is 29.0 Å². The number of primary amides is 1. The molecule has 1 heterocycles. The summed E-state index contributed by atoms with van der Waals surface area (Å²) in [5.74, 6) is 0.335. The molecule has 22 heavy (non-hydrogen) atoms. The van der Waals surface area contributed by atoms with Gasteiger partial charge in [0.15, 0.2) is 6.35 Å². The Balaban J connectivity index is 2.42. The van der Waals surface area contributed by atoms with Crippen molar-refractivity contribution in [2.45, 2.75) is 19.7 Å². The summed E-state index contributed by atoms with van der Waals surface area (Å²) in [6.07, 6.45) is -0.422. The van der Waals surface area contributed by atoms with Crippen LogP contribution >= 0.6 is 0 Å². The van der Waals surface area contributed by atoms with Crippen molar-refractivity contribution in [2.24, 2.45) is 11.5 Å². The Morgan fingerprint density at radius 2 is 2.18 bits per heavy atom. The largest absolute Gasteiger partial charge is 0.493 e. The van der Waals surface area contributed by atoms with E-state index in [1.807, 2.05) is 31.2 Å². The molecule has 0 bridgehead atoms. The number of anilines is 1. The van der Waals surface area contributed by atoms with Gasteiger partial charge >= 0.3 is 0 Å².